The molecule has 5 heteroatoms. The van der Waals surface area contributed by atoms with Crippen LogP contribution in [0, 0.1) is 6.92 Å². The number of amides is 1. The summed E-state index contributed by atoms with van der Waals surface area (Å²) in [5, 5.41) is 10.9. The van der Waals surface area contributed by atoms with Crippen LogP contribution in [0.15, 0.2) is 47.4 Å². The molecule has 4 nitrogen and oxygen atoms in total. The van der Waals surface area contributed by atoms with Crippen LogP contribution in [0.1, 0.15) is 15.9 Å². The molecule has 0 aliphatic carbocycles. The summed E-state index contributed by atoms with van der Waals surface area (Å²) in [5.41, 5.74) is 2.53. The van der Waals surface area contributed by atoms with Crippen LogP contribution in [-0.4, -0.2) is 22.4 Å². The van der Waals surface area contributed by atoms with Gasteiger partial charge in [-0.15, -0.1) is 11.8 Å². The quantitative estimate of drug-likeness (QED) is 0.722. The SMILES string of the molecule is CSc1ccc(C)c(C(=O)Nc2n[nH]c3ccccc23)c1. The van der Waals surface area contributed by atoms with Crippen LogP contribution in [0.3, 0.4) is 0 Å². The zero-order valence-corrected chi connectivity index (χ0v) is 12.6. The second-order valence-corrected chi connectivity index (χ2v) is 5.63. The summed E-state index contributed by atoms with van der Waals surface area (Å²) in [7, 11) is 0. The van der Waals surface area contributed by atoms with Gasteiger partial charge in [-0.05, 0) is 43.0 Å². The number of aromatic amines is 1. The number of para-hydroxylation sites is 1. The lowest BCUT2D eigenvalue weighted by atomic mass is 10.1. The van der Waals surface area contributed by atoms with Crippen molar-refractivity contribution in [1.29, 1.82) is 0 Å². The number of carbonyl (C=O) groups excluding carboxylic acids is 1. The molecule has 2 aromatic carbocycles. The lowest BCUT2D eigenvalue weighted by molar-refractivity contribution is 0.102. The van der Waals surface area contributed by atoms with Crippen molar-refractivity contribution in [2.24, 2.45) is 0 Å². The smallest absolute Gasteiger partial charge is 0.257 e. The fraction of sp³-hybridized carbons (Fsp3) is 0.125. The number of H-pyrrole nitrogens is 1. The Bertz CT molecular complexity index is 810. The number of rotatable bonds is 3. The van der Waals surface area contributed by atoms with E-state index in [1.807, 2.05) is 55.6 Å². The Morgan fingerprint density at radius 1 is 1.24 bits per heavy atom. The molecular weight excluding hydrogens is 282 g/mol. The normalized spacial score (nSPS) is 10.8. The van der Waals surface area contributed by atoms with Gasteiger partial charge in [-0.25, -0.2) is 0 Å². The number of benzene rings is 2. The Morgan fingerprint density at radius 2 is 2.05 bits per heavy atom. The van der Waals surface area contributed by atoms with Gasteiger partial charge in [0.15, 0.2) is 5.82 Å². The first-order chi connectivity index (χ1) is 10.2. The van der Waals surface area contributed by atoms with Crippen LogP contribution in [-0.2, 0) is 0 Å². The molecule has 0 saturated carbocycles. The average molecular weight is 297 g/mol. The maximum atomic E-state index is 12.5. The third-order valence-corrected chi connectivity index (χ3v) is 4.12. The van der Waals surface area contributed by atoms with E-state index in [0.717, 1.165) is 21.4 Å². The number of thioether (sulfide) groups is 1. The maximum absolute atomic E-state index is 12.5. The third-order valence-electron chi connectivity index (χ3n) is 3.39. The molecule has 0 fully saturated rings. The van der Waals surface area contributed by atoms with Gasteiger partial charge in [0.1, 0.15) is 0 Å². The van der Waals surface area contributed by atoms with Gasteiger partial charge in [-0.1, -0.05) is 18.2 Å². The molecule has 0 unspecified atom stereocenters. The molecule has 0 saturated heterocycles. The molecule has 1 heterocycles. The zero-order chi connectivity index (χ0) is 14.8. The first kappa shape index (κ1) is 13.7. The first-order valence-electron chi connectivity index (χ1n) is 6.58. The number of anilines is 1. The molecule has 3 aromatic rings. The van der Waals surface area contributed by atoms with Gasteiger partial charge >= 0.3 is 0 Å². The fourth-order valence-electron chi connectivity index (χ4n) is 2.21. The Kier molecular flexibility index (Phi) is 3.66. The molecule has 106 valence electrons. The van der Waals surface area contributed by atoms with Crippen molar-refractivity contribution in [1.82, 2.24) is 10.2 Å². The Balaban J connectivity index is 1.93. The van der Waals surface area contributed by atoms with E-state index in [9.17, 15) is 4.79 Å². The average Bonchev–Trinajstić information content (AvgIpc) is 2.91. The summed E-state index contributed by atoms with van der Waals surface area (Å²) in [4.78, 5) is 13.5. The Labute approximate surface area is 126 Å². The molecule has 1 aromatic heterocycles. The van der Waals surface area contributed by atoms with Crippen molar-refractivity contribution in [3.05, 3.63) is 53.6 Å². The highest BCUT2D eigenvalue weighted by Crippen LogP contribution is 2.23. The summed E-state index contributed by atoms with van der Waals surface area (Å²) in [5.74, 6) is 0.421. The van der Waals surface area contributed by atoms with E-state index in [-0.39, 0.29) is 5.91 Å². The standard InChI is InChI=1S/C16H15N3OS/c1-10-7-8-11(21-2)9-13(10)16(20)17-15-12-5-3-4-6-14(12)18-19-15/h3-9H,1-2H3,(H2,17,18,19,20). The summed E-state index contributed by atoms with van der Waals surface area (Å²) in [6, 6.07) is 13.6. The van der Waals surface area contributed by atoms with Crippen LogP contribution in [0.25, 0.3) is 10.9 Å². The largest absolute Gasteiger partial charge is 0.305 e. The molecule has 0 aliphatic heterocycles. The van der Waals surface area contributed by atoms with Gasteiger partial charge < -0.3 is 5.32 Å². The van der Waals surface area contributed by atoms with Crippen LogP contribution >= 0.6 is 11.8 Å². The van der Waals surface area contributed by atoms with Crippen LogP contribution in [0.2, 0.25) is 0 Å². The molecule has 0 radical (unpaired) electrons. The second-order valence-electron chi connectivity index (χ2n) is 4.75. The summed E-state index contributed by atoms with van der Waals surface area (Å²) in [6.45, 7) is 1.93. The van der Waals surface area contributed by atoms with Crippen molar-refractivity contribution >= 4 is 34.4 Å². The number of nitrogens with zero attached hydrogens (tertiary/aromatic N) is 1. The van der Waals surface area contributed by atoms with E-state index >= 15 is 0 Å². The maximum Gasteiger partial charge on any atom is 0.257 e. The minimum atomic E-state index is -0.138. The van der Waals surface area contributed by atoms with E-state index < -0.39 is 0 Å². The minimum absolute atomic E-state index is 0.138. The van der Waals surface area contributed by atoms with Crippen LogP contribution < -0.4 is 5.32 Å². The number of hydrogen-bond acceptors (Lipinski definition) is 3. The van der Waals surface area contributed by atoms with E-state index in [1.165, 1.54) is 0 Å². The summed E-state index contributed by atoms with van der Waals surface area (Å²) in [6.07, 6.45) is 1.99. The van der Waals surface area contributed by atoms with Crippen molar-refractivity contribution in [3.63, 3.8) is 0 Å². The molecule has 0 spiro atoms. The lowest BCUT2D eigenvalue weighted by Gasteiger charge is -2.07. The van der Waals surface area contributed by atoms with E-state index in [4.69, 9.17) is 0 Å². The fourth-order valence-corrected chi connectivity index (χ4v) is 2.65. The molecule has 1 amide bonds. The molecule has 0 atom stereocenters. The number of fused-ring (bicyclic) bond motifs is 1. The predicted octanol–water partition coefficient (Wildman–Crippen LogP) is 3.85. The van der Waals surface area contributed by atoms with Gasteiger partial charge in [0, 0.05) is 15.8 Å². The lowest BCUT2D eigenvalue weighted by Crippen LogP contribution is -2.14. The monoisotopic (exact) mass is 297 g/mol. The van der Waals surface area contributed by atoms with Gasteiger partial charge in [-0.2, -0.15) is 5.10 Å². The molecular formula is C16H15N3OS. The van der Waals surface area contributed by atoms with Gasteiger partial charge in [0.05, 0.1) is 5.52 Å². The van der Waals surface area contributed by atoms with Crippen molar-refractivity contribution in [2.75, 3.05) is 11.6 Å². The van der Waals surface area contributed by atoms with Gasteiger partial charge in [0.2, 0.25) is 0 Å². The number of carbonyl (C=O) groups is 1. The highest BCUT2D eigenvalue weighted by molar-refractivity contribution is 7.98. The number of aromatic nitrogens is 2. The highest BCUT2D eigenvalue weighted by atomic mass is 32.2. The van der Waals surface area contributed by atoms with Crippen LogP contribution in [0.4, 0.5) is 5.82 Å². The topological polar surface area (TPSA) is 57.8 Å². The summed E-state index contributed by atoms with van der Waals surface area (Å²) >= 11 is 1.62. The van der Waals surface area contributed by atoms with E-state index in [0.29, 0.717) is 11.4 Å². The summed E-state index contributed by atoms with van der Waals surface area (Å²) < 4.78 is 0. The van der Waals surface area contributed by atoms with Gasteiger partial charge in [0.25, 0.3) is 5.91 Å². The Hall–Kier alpha value is -2.27. The van der Waals surface area contributed by atoms with Crippen molar-refractivity contribution in [3.8, 4) is 0 Å². The molecule has 21 heavy (non-hydrogen) atoms. The Morgan fingerprint density at radius 3 is 2.86 bits per heavy atom. The first-order valence-corrected chi connectivity index (χ1v) is 7.80. The van der Waals surface area contributed by atoms with Crippen molar-refractivity contribution in [2.45, 2.75) is 11.8 Å². The highest BCUT2D eigenvalue weighted by Gasteiger charge is 2.13. The number of hydrogen-bond donors (Lipinski definition) is 2. The molecule has 2 N–H and O–H groups in total. The predicted molar refractivity (Wildman–Crippen MR) is 87.0 cm³/mol. The van der Waals surface area contributed by atoms with E-state index in [1.54, 1.807) is 11.8 Å². The second kappa shape index (κ2) is 5.61. The van der Waals surface area contributed by atoms with Crippen LogP contribution in [0.5, 0.6) is 0 Å². The van der Waals surface area contributed by atoms with Gasteiger partial charge in [-0.3, -0.25) is 9.89 Å². The third kappa shape index (κ3) is 2.64. The number of aryl methyl sites for hydroxylation is 1. The molecule has 0 aliphatic rings. The van der Waals surface area contributed by atoms with Crippen molar-refractivity contribution < 1.29 is 4.79 Å². The molecule has 3 rings (SSSR count). The minimum Gasteiger partial charge on any atom is -0.305 e. The molecule has 0 bridgehead atoms. The zero-order valence-electron chi connectivity index (χ0n) is 11.8. The number of nitrogens with one attached hydrogen (secondary N) is 2. The van der Waals surface area contributed by atoms with E-state index in [2.05, 4.69) is 15.5 Å².